The molecule has 0 fully saturated rings. The maximum Gasteiger partial charge on any atom is 0.416 e. The topological polar surface area (TPSA) is 0 Å². The standard InChI is InChI=1S/C12H14F6/c1-10(2,3)9-6-7(11(13,14)15)4-5-8(9)12(16,17)18/h4-6,8-9H,1-3H3. The molecule has 6 heteroatoms. The highest BCUT2D eigenvalue weighted by Crippen LogP contribution is 2.46. The Labute approximate surface area is 101 Å². The Kier molecular flexibility index (Phi) is 3.62. The minimum atomic E-state index is -4.61. The third-order valence-electron chi connectivity index (χ3n) is 2.93. The second-order valence-corrected chi connectivity index (χ2v) is 5.44. The number of halogens is 6. The molecule has 1 aliphatic rings. The Morgan fingerprint density at radius 3 is 1.72 bits per heavy atom. The predicted molar refractivity (Wildman–Crippen MR) is 55.8 cm³/mol. The first-order valence-corrected chi connectivity index (χ1v) is 5.37. The van der Waals surface area contributed by atoms with Crippen molar-refractivity contribution < 1.29 is 26.3 Å². The second-order valence-electron chi connectivity index (χ2n) is 5.44. The summed E-state index contributed by atoms with van der Waals surface area (Å²) in [6, 6.07) is 0. The monoisotopic (exact) mass is 272 g/mol. The zero-order valence-corrected chi connectivity index (χ0v) is 10.2. The van der Waals surface area contributed by atoms with Crippen molar-refractivity contribution in [3.8, 4) is 0 Å². The Morgan fingerprint density at radius 2 is 1.39 bits per heavy atom. The minimum absolute atomic E-state index is 0.514. The van der Waals surface area contributed by atoms with E-state index in [1.54, 1.807) is 0 Å². The van der Waals surface area contributed by atoms with Crippen LogP contribution in [0.4, 0.5) is 26.3 Å². The van der Waals surface area contributed by atoms with Crippen LogP contribution in [0.2, 0.25) is 0 Å². The molecule has 104 valence electrons. The van der Waals surface area contributed by atoms with Gasteiger partial charge in [-0.25, -0.2) is 0 Å². The van der Waals surface area contributed by atoms with Gasteiger partial charge in [0.05, 0.1) is 11.5 Å². The molecule has 0 aromatic rings. The molecule has 1 aliphatic carbocycles. The van der Waals surface area contributed by atoms with Gasteiger partial charge in [-0.1, -0.05) is 39.0 Å². The zero-order valence-electron chi connectivity index (χ0n) is 10.2. The van der Waals surface area contributed by atoms with E-state index in [1.807, 2.05) is 0 Å². The van der Waals surface area contributed by atoms with E-state index in [0.29, 0.717) is 18.2 Å². The maximum atomic E-state index is 12.8. The predicted octanol–water partition coefficient (Wildman–Crippen LogP) is 4.89. The van der Waals surface area contributed by atoms with Crippen molar-refractivity contribution in [2.75, 3.05) is 0 Å². The van der Waals surface area contributed by atoms with Crippen molar-refractivity contribution in [1.29, 1.82) is 0 Å². The molecule has 0 heterocycles. The number of allylic oxidation sites excluding steroid dienone is 4. The molecule has 0 saturated carbocycles. The molecule has 0 amide bonds. The van der Waals surface area contributed by atoms with Crippen molar-refractivity contribution in [1.82, 2.24) is 0 Å². The van der Waals surface area contributed by atoms with Gasteiger partial charge >= 0.3 is 12.4 Å². The molecule has 18 heavy (non-hydrogen) atoms. The summed E-state index contributed by atoms with van der Waals surface area (Å²) in [6.45, 7) is 4.50. The third kappa shape index (κ3) is 3.29. The zero-order chi connectivity index (χ0) is 14.4. The van der Waals surface area contributed by atoms with Gasteiger partial charge in [0.15, 0.2) is 0 Å². The molecule has 0 bridgehead atoms. The molecule has 0 aliphatic heterocycles. The molecule has 0 saturated heterocycles. The fourth-order valence-electron chi connectivity index (χ4n) is 1.97. The average molecular weight is 272 g/mol. The van der Waals surface area contributed by atoms with Crippen LogP contribution in [-0.4, -0.2) is 12.4 Å². The summed E-state index contributed by atoms with van der Waals surface area (Å²) in [6.07, 6.45) is -7.34. The SMILES string of the molecule is CC(C)(C)C1C=C(C(F)(F)F)C=CC1C(F)(F)F. The van der Waals surface area contributed by atoms with E-state index >= 15 is 0 Å². The molecule has 1 rings (SSSR count). The summed E-state index contributed by atoms with van der Waals surface area (Å²) in [5.74, 6) is -3.09. The molecule has 0 aromatic heterocycles. The van der Waals surface area contributed by atoms with Gasteiger partial charge < -0.3 is 0 Å². The fourth-order valence-corrected chi connectivity index (χ4v) is 1.97. The number of rotatable bonds is 0. The van der Waals surface area contributed by atoms with Crippen LogP contribution in [0.3, 0.4) is 0 Å². The molecule has 2 atom stereocenters. The molecule has 0 aromatic carbocycles. The van der Waals surface area contributed by atoms with Crippen LogP contribution >= 0.6 is 0 Å². The molecular formula is C12H14F6. The van der Waals surface area contributed by atoms with Gasteiger partial charge in [-0.05, 0) is 11.3 Å². The Hall–Kier alpha value is -0.940. The largest absolute Gasteiger partial charge is 0.416 e. The summed E-state index contributed by atoms with van der Waals surface area (Å²) in [4.78, 5) is 0. The highest BCUT2D eigenvalue weighted by atomic mass is 19.4. The van der Waals surface area contributed by atoms with Crippen molar-refractivity contribution in [3.63, 3.8) is 0 Å². The van der Waals surface area contributed by atoms with Crippen LogP contribution in [0.1, 0.15) is 20.8 Å². The Bertz CT molecular complexity index is 363. The second kappa shape index (κ2) is 4.31. The van der Waals surface area contributed by atoms with Crippen LogP contribution in [0, 0.1) is 17.3 Å². The number of hydrogen-bond acceptors (Lipinski definition) is 0. The van der Waals surface area contributed by atoms with Crippen LogP contribution < -0.4 is 0 Å². The van der Waals surface area contributed by atoms with Gasteiger partial charge in [0, 0.05) is 0 Å². The molecule has 0 N–H and O–H groups in total. The first-order chi connectivity index (χ1) is 7.83. The molecule has 0 spiro atoms. The van der Waals surface area contributed by atoms with Crippen molar-refractivity contribution >= 4 is 0 Å². The summed E-state index contributed by atoms with van der Waals surface area (Å²) >= 11 is 0. The number of hydrogen-bond donors (Lipinski definition) is 0. The first-order valence-electron chi connectivity index (χ1n) is 5.37. The highest BCUT2D eigenvalue weighted by molar-refractivity contribution is 5.31. The molecule has 0 nitrogen and oxygen atoms in total. The van der Waals surface area contributed by atoms with Crippen molar-refractivity contribution in [2.45, 2.75) is 33.1 Å². The fraction of sp³-hybridized carbons (Fsp3) is 0.667. The van der Waals surface area contributed by atoms with Gasteiger partial charge in [0.1, 0.15) is 0 Å². The van der Waals surface area contributed by atoms with E-state index in [1.165, 1.54) is 20.8 Å². The van der Waals surface area contributed by atoms with E-state index in [0.717, 1.165) is 0 Å². The summed E-state index contributed by atoms with van der Waals surface area (Å²) < 4.78 is 75.9. The van der Waals surface area contributed by atoms with Gasteiger partial charge in [-0.3, -0.25) is 0 Å². The van der Waals surface area contributed by atoms with Gasteiger partial charge in [-0.15, -0.1) is 0 Å². The maximum absolute atomic E-state index is 12.8. The quantitative estimate of drug-likeness (QED) is 0.551. The van der Waals surface area contributed by atoms with Gasteiger partial charge in [0.2, 0.25) is 0 Å². The highest BCUT2D eigenvalue weighted by Gasteiger charge is 2.49. The lowest BCUT2D eigenvalue weighted by atomic mass is 9.70. The average Bonchev–Trinajstić information content (AvgIpc) is 2.12. The molecule has 0 radical (unpaired) electrons. The van der Waals surface area contributed by atoms with Gasteiger partial charge in [-0.2, -0.15) is 26.3 Å². The third-order valence-corrected chi connectivity index (χ3v) is 2.93. The Balaban J connectivity index is 3.18. The smallest absolute Gasteiger partial charge is 0.170 e. The van der Waals surface area contributed by atoms with E-state index in [2.05, 4.69) is 0 Å². The van der Waals surface area contributed by atoms with E-state index in [-0.39, 0.29) is 0 Å². The lowest BCUT2D eigenvalue weighted by molar-refractivity contribution is -0.179. The van der Waals surface area contributed by atoms with Crippen LogP contribution in [0.25, 0.3) is 0 Å². The van der Waals surface area contributed by atoms with Crippen LogP contribution in [0.15, 0.2) is 23.8 Å². The number of alkyl halides is 6. The molecular weight excluding hydrogens is 258 g/mol. The van der Waals surface area contributed by atoms with E-state index in [4.69, 9.17) is 0 Å². The van der Waals surface area contributed by atoms with E-state index in [9.17, 15) is 26.3 Å². The lowest BCUT2D eigenvalue weighted by Gasteiger charge is -2.37. The Morgan fingerprint density at radius 1 is 0.889 bits per heavy atom. The summed E-state index contributed by atoms with van der Waals surface area (Å²) in [5.41, 5.74) is -1.91. The van der Waals surface area contributed by atoms with Crippen molar-refractivity contribution in [3.05, 3.63) is 23.8 Å². The van der Waals surface area contributed by atoms with Crippen molar-refractivity contribution in [2.24, 2.45) is 17.3 Å². The lowest BCUT2D eigenvalue weighted by Crippen LogP contribution is -2.37. The summed E-state index contributed by atoms with van der Waals surface area (Å²) in [5, 5.41) is 0. The van der Waals surface area contributed by atoms with Gasteiger partial charge in [0.25, 0.3) is 0 Å². The van der Waals surface area contributed by atoms with Crippen LogP contribution in [-0.2, 0) is 0 Å². The first kappa shape index (κ1) is 15.1. The summed E-state index contributed by atoms with van der Waals surface area (Å²) in [7, 11) is 0. The minimum Gasteiger partial charge on any atom is -0.170 e. The van der Waals surface area contributed by atoms with E-state index < -0.39 is 35.2 Å². The van der Waals surface area contributed by atoms with Crippen LogP contribution in [0.5, 0.6) is 0 Å². The normalized spacial score (nSPS) is 26.2. The molecule has 2 unspecified atom stereocenters.